The zero-order chi connectivity index (χ0) is 49.2. The summed E-state index contributed by atoms with van der Waals surface area (Å²) >= 11 is 0. The number of urea groups is 2. The largest absolute Gasteiger partial charge is 0.496 e. The van der Waals surface area contributed by atoms with Gasteiger partial charge in [-0.15, -0.1) is 0 Å². The maximum absolute atomic E-state index is 13.3. The van der Waals surface area contributed by atoms with Crippen LogP contribution in [-0.4, -0.2) is 122 Å². The SMILES string of the molecule is COc1cc(C(=O)N2CCN(c3ncc(C)cc3C)CC2)ccc1[C@@]1(C(C)C)NC(=O)NC1=O.COc1cc(C(=O)N2CCN(c3ncc(C)cc3C)CC2)ccc1[C@]1(C(C)C)NC(=O)NC1=O. The Morgan fingerprint density at radius 2 is 0.912 bits per heavy atom. The number of rotatable bonds is 10. The van der Waals surface area contributed by atoms with Gasteiger partial charge in [-0.1, -0.05) is 52.0 Å². The smallest absolute Gasteiger partial charge is 0.322 e. The summed E-state index contributed by atoms with van der Waals surface area (Å²) in [6.45, 7) is 20.7. The fourth-order valence-corrected chi connectivity index (χ4v) is 9.74. The van der Waals surface area contributed by atoms with E-state index in [-0.39, 0.29) is 23.7 Å². The highest BCUT2D eigenvalue weighted by atomic mass is 16.5. The molecule has 68 heavy (non-hydrogen) atoms. The summed E-state index contributed by atoms with van der Waals surface area (Å²) in [7, 11) is 2.98. The number of aromatic nitrogens is 2. The third-order valence-electron chi connectivity index (χ3n) is 13.4. The number of imide groups is 2. The van der Waals surface area contributed by atoms with Crippen molar-refractivity contribution in [1.82, 2.24) is 41.0 Å². The second-order valence-electron chi connectivity index (χ2n) is 18.4. The highest BCUT2D eigenvalue weighted by Gasteiger charge is 2.53. The number of hydrogen-bond acceptors (Lipinski definition) is 12. The predicted molar refractivity (Wildman–Crippen MR) is 256 cm³/mol. The Bertz CT molecular complexity index is 2460. The molecule has 2 atom stereocenters. The van der Waals surface area contributed by atoms with Gasteiger partial charge in [0.05, 0.1) is 14.2 Å². The Kier molecular flexibility index (Phi) is 14.0. The molecule has 6 heterocycles. The van der Waals surface area contributed by atoms with Crippen LogP contribution < -0.4 is 40.5 Å². The van der Waals surface area contributed by atoms with Gasteiger partial charge in [-0.25, -0.2) is 19.6 Å². The number of carbonyl (C=O) groups excluding carboxylic acids is 6. The molecular weight excluding hydrogens is 869 g/mol. The number of aryl methyl sites for hydroxylation is 4. The summed E-state index contributed by atoms with van der Waals surface area (Å²) in [6.07, 6.45) is 3.73. The van der Waals surface area contributed by atoms with E-state index in [1.165, 1.54) is 14.2 Å². The van der Waals surface area contributed by atoms with Crippen molar-refractivity contribution in [2.75, 3.05) is 76.4 Å². The summed E-state index contributed by atoms with van der Waals surface area (Å²) in [6, 6.07) is 13.2. The van der Waals surface area contributed by atoms with Crippen molar-refractivity contribution in [2.45, 2.75) is 66.5 Å². The van der Waals surface area contributed by atoms with Gasteiger partial charge in [0.1, 0.15) is 23.1 Å². The lowest BCUT2D eigenvalue weighted by Crippen LogP contribution is -2.49. The Hall–Kier alpha value is -7.24. The van der Waals surface area contributed by atoms with E-state index in [1.54, 1.807) is 36.4 Å². The fraction of sp³-hybridized carbons (Fsp3) is 0.440. The molecular formula is C50H62N10O8. The van der Waals surface area contributed by atoms with Crippen molar-refractivity contribution >= 4 is 47.3 Å². The highest BCUT2D eigenvalue weighted by molar-refractivity contribution is 6.09. The molecule has 4 aliphatic heterocycles. The van der Waals surface area contributed by atoms with Crippen molar-refractivity contribution < 1.29 is 38.2 Å². The fourth-order valence-electron chi connectivity index (χ4n) is 9.74. The molecule has 0 radical (unpaired) electrons. The third kappa shape index (κ3) is 9.10. The summed E-state index contributed by atoms with van der Waals surface area (Å²) in [5.41, 5.74) is 3.99. The average Bonchev–Trinajstić information content (AvgIpc) is 3.81. The second kappa shape index (κ2) is 19.5. The van der Waals surface area contributed by atoms with E-state index in [0.717, 1.165) is 33.9 Å². The molecule has 4 saturated heterocycles. The summed E-state index contributed by atoms with van der Waals surface area (Å²) in [5.74, 6) is 1.15. The molecule has 18 nitrogen and oxygen atoms in total. The van der Waals surface area contributed by atoms with Gasteiger partial charge >= 0.3 is 12.1 Å². The highest BCUT2D eigenvalue weighted by Crippen LogP contribution is 2.40. The van der Waals surface area contributed by atoms with E-state index in [1.807, 2.05) is 63.7 Å². The lowest BCUT2D eigenvalue weighted by atomic mass is 9.79. The van der Waals surface area contributed by atoms with E-state index < -0.39 is 35.0 Å². The number of pyridine rings is 2. The number of nitrogens with one attached hydrogen (secondary N) is 4. The van der Waals surface area contributed by atoms with Crippen LogP contribution in [0.1, 0.15) is 81.8 Å². The molecule has 0 bridgehead atoms. The van der Waals surface area contributed by atoms with Crippen molar-refractivity contribution in [3.05, 3.63) is 105 Å². The van der Waals surface area contributed by atoms with Gasteiger partial charge in [0.2, 0.25) is 0 Å². The van der Waals surface area contributed by atoms with E-state index in [4.69, 9.17) is 9.47 Å². The quantitative estimate of drug-likeness (QED) is 0.160. The van der Waals surface area contributed by atoms with Crippen molar-refractivity contribution in [2.24, 2.45) is 11.8 Å². The van der Waals surface area contributed by atoms with E-state index in [2.05, 4.69) is 67.0 Å². The van der Waals surface area contributed by atoms with Crippen LogP contribution in [0.15, 0.2) is 60.9 Å². The monoisotopic (exact) mass is 930 g/mol. The van der Waals surface area contributed by atoms with Crippen molar-refractivity contribution in [3.63, 3.8) is 0 Å². The van der Waals surface area contributed by atoms with Gasteiger partial charge in [-0.3, -0.25) is 29.8 Å². The number of benzene rings is 2. The van der Waals surface area contributed by atoms with Crippen LogP contribution in [0.4, 0.5) is 21.2 Å². The van der Waals surface area contributed by atoms with Crippen LogP contribution >= 0.6 is 0 Å². The van der Waals surface area contributed by atoms with E-state index in [9.17, 15) is 28.8 Å². The van der Waals surface area contributed by atoms with Crippen LogP contribution in [0.2, 0.25) is 0 Å². The van der Waals surface area contributed by atoms with E-state index in [0.29, 0.717) is 86.1 Å². The van der Waals surface area contributed by atoms with Crippen LogP contribution in [0.5, 0.6) is 11.5 Å². The molecule has 4 aliphatic rings. The van der Waals surface area contributed by atoms with Gasteiger partial charge in [-0.05, 0) is 86.1 Å². The number of hydrogen-bond donors (Lipinski definition) is 4. The Balaban J connectivity index is 0.000000201. The first kappa shape index (κ1) is 48.7. The second-order valence-corrected chi connectivity index (χ2v) is 18.4. The minimum atomic E-state index is -1.26. The lowest BCUT2D eigenvalue weighted by molar-refractivity contribution is -0.126. The standard InChI is InChI=1S/2C25H31N5O4/c2*1-15(2)25(23(32)27-24(33)28-25)19-7-6-18(13-20(19)34-5)22(31)30-10-8-29(9-11-30)21-17(4)12-16(3)14-26-21/h2*6-7,12-15H,8-11H2,1-5H3,(H2,27,28,32,33)/t2*25-/m10/s1. The zero-order valence-electron chi connectivity index (χ0n) is 40.5. The first-order valence-corrected chi connectivity index (χ1v) is 22.9. The molecule has 2 aromatic heterocycles. The first-order valence-electron chi connectivity index (χ1n) is 22.9. The Labute approximate surface area is 397 Å². The molecule has 0 aliphatic carbocycles. The number of methoxy groups -OCH3 is 2. The van der Waals surface area contributed by atoms with Crippen molar-refractivity contribution in [1.29, 1.82) is 0 Å². The molecule has 8 rings (SSSR count). The van der Waals surface area contributed by atoms with Crippen LogP contribution in [0, 0.1) is 39.5 Å². The topological polar surface area (TPSA) is 208 Å². The van der Waals surface area contributed by atoms with Crippen LogP contribution in [0.25, 0.3) is 0 Å². The maximum Gasteiger partial charge on any atom is 0.322 e. The Morgan fingerprint density at radius 1 is 0.559 bits per heavy atom. The lowest BCUT2D eigenvalue weighted by Gasteiger charge is -2.36. The third-order valence-corrected chi connectivity index (χ3v) is 13.4. The molecule has 18 heteroatoms. The van der Waals surface area contributed by atoms with Gasteiger partial charge in [0.25, 0.3) is 23.6 Å². The molecule has 2 aromatic carbocycles. The normalized spacial score (nSPS) is 20.4. The van der Waals surface area contributed by atoms with Gasteiger partial charge in [0, 0.05) is 87.0 Å². The number of piperazine rings is 2. The minimum Gasteiger partial charge on any atom is -0.496 e. The average molecular weight is 931 g/mol. The number of nitrogens with zero attached hydrogens (tertiary/aromatic N) is 6. The predicted octanol–water partition coefficient (Wildman–Crippen LogP) is 4.72. The molecule has 4 fully saturated rings. The molecule has 0 unspecified atom stereocenters. The summed E-state index contributed by atoms with van der Waals surface area (Å²) in [4.78, 5) is 93.1. The number of ether oxygens (including phenoxy) is 2. The summed E-state index contributed by atoms with van der Waals surface area (Å²) in [5, 5.41) is 10.2. The number of amides is 8. The van der Waals surface area contributed by atoms with Gasteiger partial charge < -0.3 is 39.7 Å². The van der Waals surface area contributed by atoms with Crippen LogP contribution in [0.3, 0.4) is 0 Å². The molecule has 8 amide bonds. The Morgan fingerprint density at radius 3 is 1.19 bits per heavy atom. The molecule has 360 valence electrons. The number of carbonyl (C=O) groups is 6. The molecule has 0 spiro atoms. The van der Waals surface area contributed by atoms with Gasteiger partial charge in [-0.2, -0.15) is 0 Å². The van der Waals surface area contributed by atoms with Gasteiger partial charge in [0.15, 0.2) is 11.1 Å². The molecule has 4 N–H and O–H groups in total. The number of anilines is 2. The first-order chi connectivity index (χ1) is 32.3. The van der Waals surface area contributed by atoms with Crippen LogP contribution in [-0.2, 0) is 20.7 Å². The maximum atomic E-state index is 13.3. The molecule has 0 saturated carbocycles. The zero-order valence-corrected chi connectivity index (χ0v) is 40.5. The van der Waals surface area contributed by atoms with Crippen molar-refractivity contribution in [3.8, 4) is 11.5 Å². The minimum absolute atomic E-state index is 0.100. The van der Waals surface area contributed by atoms with E-state index >= 15 is 0 Å². The molecule has 4 aromatic rings. The summed E-state index contributed by atoms with van der Waals surface area (Å²) < 4.78 is 11.1.